The van der Waals surface area contributed by atoms with Crippen molar-refractivity contribution >= 4 is 29.3 Å². The zero-order valence-corrected chi connectivity index (χ0v) is 26.7. The first-order chi connectivity index (χ1) is 22.4. The molecule has 3 aliphatic heterocycles. The number of esters is 1. The van der Waals surface area contributed by atoms with Gasteiger partial charge in [-0.05, 0) is 54.8 Å². The van der Waals surface area contributed by atoms with Crippen molar-refractivity contribution in [2.45, 2.75) is 32.7 Å². The summed E-state index contributed by atoms with van der Waals surface area (Å²) in [6, 6.07) is 9.87. The van der Waals surface area contributed by atoms with Gasteiger partial charge in [-0.1, -0.05) is 36.8 Å². The lowest BCUT2D eigenvalue weighted by atomic mass is 9.94. The zero-order chi connectivity index (χ0) is 32.2. The molecule has 0 N–H and O–H groups in total. The van der Waals surface area contributed by atoms with Crippen molar-refractivity contribution in [2.75, 3.05) is 53.4 Å². The van der Waals surface area contributed by atoms with E-state index in [1.54, 1.807) is 52.8 Å². The average molecular weight is 650 g/mol. The van der Waals surface area contributed by atoms with E-state index < -0.39 is 12.0 Å². The number of amides is 1. The molecule has 46 heavy (non-hydrogen) atoms. The van der Waals surface area contributed by atoms with Gasteiger partial charge in [0.25, 0.3) is 11.5 Å². The highest BCUT2D eigenvalue weighted by Crippen LogP contribution is 2.39. The number of fused-ring (bicyclic) bond motifs is 2. The van der Waals surface area contributed by atoms with Gasteiger partial charge in [-0.25, -0.2) is 9.79 Å². The summed E-state index contributed by atoms with van der Waals surface area (Å²) in [5.41, 5.74) is 1.98. The van der Waals surface area contributed by atoms with Crippen molar-refractivity contribution < 1.29 is 38.0 Å². The minimum atomic E-state index is -0.775. The largest absolute Gasteiger partial charge is 0.493 e. The molecule has 0 radical (unpaired) electrons. The van der Waals surface area contributed by atoms with Crippen LogP contribution < -0.4 is 33.8 Å². The number of hydrogen-bond acceptors (Lipinski definition) is 11. The number of carbonyl (C=O) groups is 2. The maximum atomic E-state index is 14.1. The molecule has 12 nitrogen and oxygen atoms in total. The molecule has 2 aromatic carbocycles. The molecule has 0 unspecified atom stereocenters. The second kappa shape index (κ2) is 13.8. The summed E-state index contributed by atoms with van der Waals surface area (Å²) in [5, 5.41) is 0. The lowest BCUT2D eigenvalue weighted by Gasteiger charge is -2.26. The van der Waals surface area contributed by atoms with Gasteiger partial charge in [0.1, 0.15) is 0 Å². The lowest BCUT2D eigenvalue weighted by molar-refractivity contribution is -0.139. The van der Waals surface area contributed by atoms with E-state index in [1.807, 2.05) is 13.0 Å². The van der Waals surface area contributed by atoms with E-state index in [-0.39, 0.29) is 31.5 Å². The zero-order valence-electron chi connectivity index (χ0n) is 25.9. The number of hydrogen-bond donors (Lipinski definition) is 0. The van der Waals surface area contributed by atoms with Crippen LogP contribution in [0.2, 0.25) is 0 Å². The normalized spacial score (nSPS) is 17.4. The third kappa shape index (κ3) is 6.24. The number of methoxy groups -OCH3 is 1. The highest BCUT2D eigenvalue weighted by Gasteiger charge is 2.35. The first-order valence-corrected chi connectivity index (χ1v) is 16.0. The topological polar surface area (TPSA) is 127 Å². The van der Waals surface area contributed by atoms with Crippen LogP contribution in [0, 0.1) is 0 Å². The molecule has 3 aromatic rings. The number of nitrogens with zero attached hydrogens (tertiary/aromatic N) is 3. The molecule has 0 aliphatic carbocycles. The van der Waals surface area contributed by atoms with Crippen LogP contribution in [0.15, 0.2) is 57.5 Å². The van der Waals surface area contributed by atoms with Gasteiger partial charge in [0.15, 0.2) is 34.4 Å². The highest BCUT2D eigenvalue weighted by molar-refractivity contribution is 7.07. The second-order valence-electron chi connectivity index (χ2n) is 10.7. The third-order valence-electron chi connectivity index (χ3n) is 7.80. The molecule has 1 atom stereocenters. The Balaban J connectivity index is 1.38. The van der Waals surface area contributed by atoms with E-state index in [0.717, 1.165) is 6.42 Å². The number of ether oxygens (including phenoxy) is 6. The lowest BCUT2D eigenvalue weighted by Crippen LogP contribution is -2.43. The number of morpholine rings is 1. The van der Waals surface area contributed by atoms with Crippen LogP contribution in [-0.2, 0) is 19.1 Å². The molecule has 0 saturated carbocycles. The standard InChI is InChI=1S/C33H35N3O9S/c1-4-6-22-29(32(39)42-5-2)30(21-8-10-24-26(17-21)45-19-44-24)36-31(38)27(46-33(36)34-22)16-20-7-9-23(25(15-20)40-3)43-18-28(37)35-11-13-41-14-12-35/h7-10,15-17,30H,4-6,11-14,18-19H2,1-3H3/b27-16+/t30-/m0/s1. The molecule has 13 heteroatoms. The Morgan fingerprint density at radius 3 is 2.63 bits per heavy atom. The number of aromatic nitrogens is 1. The molecule has 0 bridgehead atoms. The SMILES string of the molecule is CCCC1=C(C(=O)OCC)[C@H](c2ccc3c(c2)OCO3)n2c(s/c(=C/c3ccc(OCC(=O)N4CCOCC4)c(OC)c3)c2=O)=N1. The molecular formula is C33H35N3O9S. The van der Waals surface area contributed by atoms with Crippen molar-refractivity contribution in [3.63, 3.8) is 0 Å². The molecule has 0 spiro atoms. The van der Waals surface area contributed by atoms with Crippen LogP contribution >= 0.6 is 11.3 Å². The van der Waals surface area contributed by atoms with E-state index in [4.69, 9.17) is 33.4 Å². The first-order valence-electron chi connectivity index (χ1n) is 15.2. The summed E-state index contributed by atoms with van der Waals surface area (Å²) in [6.07, 6.45) is 3.03. The quantitative estimate of drug-likeness (QED) is 0.305. The van der Waals surface area contributed by atoms with Crippen LogP contribution in [0.5, 0.6) is 23.0 Å². The molecule has 1 fully saturated rings. The minimum absolute atomic E-state index is 0.0979. The second-order valence-corrected chi connectivity index (χ2v) is 11.7. The fraction of sp³-hybridized carbons (Fsp3) is 0.394. The predicted octanol–water partition coefficient (Wildman–Crippen LogP) is 2.55. The van der Waals surface area contributed by atoms with Gasteiger partial charge in [0.2, 0.25) is 6.79 Å². The number of benzene rings is 2. The van der Waals surface area contributed by atoms with Gasteiger partial charge in [0.05, 0.1) is 48.8 Å². The van der Waals surface area contributed by atoms with Crippen molar-refractivity contribution in [1.82, 2.24) is 9.47 Å². The summed E-state index contributed by atoms with van der Waals surface area (Å²) in [5.74, 6) is 1.32. The Hall–Kier alpha value is -4.62. The summed E-state index contributed by atoms with van der Waals surface area (Å²) in [7, 11) is 1.52. The Labute approximate surface area is 269 Å². The van der Waals surface area contributed by atoms with E-state index in [9.17, 15) is 14.4 Å². The van der Waals surface area contributed by atoms with Gasteiger partial charge < -0.3 is 33.3 Å². The molecule has 1 aromatic heterocycles. The molecule has 242 valence electrons. The van der Waals surface area contributed by atoms with Gasteiger partial charge in [0, 0.05) is 13.1 Å². The Bertz CT molecular complexity index is 1860. The fourth-order valence-electron chi connectivity index (χ4n) is 5.61. The Morgan fingerprint density at radius 2 is 1.87 bits per heavy atom. The summed E-state index contributed by atoms with van der Waals surface area (Å²) in [6.45, 7) is 6.00. The first kappa shape index (κ1) is 31.4. The van der Waals surface area contributed by atoms with Crippen molar-refractivity contribution in [1.29, 1.82) is 0 Å². The molecule has 3 aliphatic rings. The summed E-state index contributed by atoms with van der Waals surface area (Å²) >= 11 is 1.24. The summed E-state index contributed by atoms with van der Waals surface area (Å²) < 4.78 is 35.2. The van der Waals surface area contributed by atoms with Crippen LogP contribution in [-0.4, -0.2) is 74.8 Å². The number of carbonyl (C=O) groups excluding carboxylic acids is 2. The maximum absolute atomic E-state index is 14.1. The van der Waals surface area contributed by atoms with Crippen LogP contribution in [0.1, 0.15) is 43.9 Å². The van der Waals surface area contributed by atoms with Crippen LogP contribution in [0.4, 0.5) is 0 Å². The van der Waals surface area contributed by atoms with Crippen LogP contribution in [0.25, 0.3) is 6.08 Å². The van der Waals surface area contributed by atoms with Crippen molar-refractivity contribution in [2.24, 2.45) is 4.99 Å². The van der Waals surface area contributed by atoms with E-state index in [1.165, 1.54) is 18.4 Å². The molecule has 4 heterocycles. The highest BCUT2D eigenvalue weighted by atomic mass is 32.1. The van der Waals surface area contributed by atoms with Gasteiger partial charge >= 0.3 is 5.97 Å². The number of rotatable bonds is 10. The van der Waals surface area contributed by atoms with E-state index in [2.05, 4.69) is 0 Å². The van der Waals surface area contributed by atoms with E-state index in [0.29, 0.717) is 87.5 Å². The van der Waals surface area contributed by atoms with Crippen LogP contribution in [0.3, 0.4) is 0 Å². The Kier molecular flexibility index (Phi) is 9.41. The average Bonchev–Trinajstić information content (AvgIpc) is 3.67. The summed E-state index contributed by atoms with van der Waals surface area (Å²) in [4.78, 5) is 47.1. The van der Waals surface area contributed by atoms with Crippen molar-refractivity contribution in [3.05, 3.63) is 78.5 Å². The Morgan fingerprint density at radius 1 is 1.07 bits per heavy atom. The maximum Gasteiger partial charge on any atom is 0.338 e. The van der Waals surface area contributed by atoms with Gasteiger partial charge in [-0.3, -0.25) is 14.2 Å². The van der Waals surface area contributed by atoms with E-state index >= 15 is 0 Å². The number of thiazole rings is 1. The minimum Gasteiger partial charge on any atom is -0.493 e. The predicted molar refractivity (Wildman–Crippen MR) is 168 cm³/mol. The number of allylic oxidation sites excluding steroid dienone is 1. The molecule has 1 amide bonds. The fourth-order valence-corrected chi connectivity index (χ4v) is 6.63. The van der Waals surface area contributed by atoms with Gasteiger partial charge in [-0.2, -0.15) is 0 Å². The smallest absolute Gasteiger partial charge is 0.338 e. The molecule has 6 rings (SSSR count). The molecule has 1 saturated heterocycles. The van der Waals surface area contributed by atoms with Gasteiger partial charge in [-0.15, -0.1) is 0 Å². The third-order valence-corrected chi connectivity index (χ3v) is 8.79. The monoisotopic (exact) mass is 649 g/mol. The van der Waals surface area contributed by atoms with Crippen molar-refractivity contribution in [3.8, 4) is 23.0 Å². The molecular weight excluding hydrogens is 614 g/mol.